The van der Waals surface area contributed by atoms with Gasteiger partial charge in [0.15, 0.2) is 0 Å². The summed E-state index contributed by atoms with van der Waals surface area (Å²) in [4.78, 5) is 8.67. The van der Waals surface area contributed by atoms with Gasteiger partial charge in [0, 0.05) is 32.4 Å². The summed E-state index contributed by atoms with van der Waals surface area (Å²) in [5.41, 5.74) is 8.96. The van der Waals surface area contributed by atoms with Crippen LogP contribution in [0.25, 0.3) is 0 Å². The predicted octanol–water partition coefficient (Wildman–Crippen LogP) is 5.18. The number of allylic oxidation sites excluding steroid dienone is 5. The van der Waals surface area contributed by atoms with Crippen LogP contribution >= 0.6 is 0 Å². The first kappa shape index (κ1) is 26.8. The van der Waals surface area contributed by atoms with Crippen molar-refractivity contribution < 1.29 is 8.78 Å². The molecule has 0 saturated carbocycles. The second kappa shape index (κ2) is 13.3. The third-order valence-electron chi connectivity index (χ3n) is 5.15. The van der Waals surface area contributed by atoms with Gasteiger partial charge in [-0.15, -0.1) is 0 Å². The summed E-state index contributed by atoms with van der Waals surface area (Å²) in [6, 6.07) is 0. The first-order valence-corrected chi connectivity index (χ1v) is 11.1. The van der Waals surface area contributed by atoms with E-state index in [1.807, 2.05) is 37.3 Å². The number of halogens is 2. The van der Waals surface area contributed by atoms with Crippen molar-refractivity contribution in [3.8, 4) is 0 Å². The van der Waals surface area contributed by atoms with E-state index >= 15 is 0 Å². The van der Waals surface area contributed by atoms with E-state index in [1.54, 1.807) is 18.0 Å². The summed E-state index contributed by atoms with van der Waals surface area (Å²) < 4.78 is 26.6. The Balaban J connectivity index is 3.28. The monoisotopic (exact) mass is 434 g/mol. The van der Waals surface area contributed by atoms with Gasteiger partial charge in [0.25, 0.3) is 5.92 Å². The molecule has 4 nitrogen and oxygen atoms in total. The summed E-state index contributed by atoms with van der Waals surface area (Å²) in [6.07, 6.45) is 13.7. The zero-order valence-electron chi connectivity index (χ0n) is 19.9. The molecule has 1 aliphatic heterocycles. The van der Waals surface area contributed by atoms with E-state index in [1.165, 1.54) is 0 Å². The van der Waals surface area contributed by atoms with Crippen molar-refractivity contribution in [2.24, 2.45) is 16.6 Å². The highest BCUT2D eigenvalue weighted by molar-refractivity contribution is 6.08. The maximum Gasteiger partial charge on any atom is 0.272 e. The first-order valence-electron chi connectivity index (χ1n) is 11.1. The summed E-state index contributed by atoms with van der Waals surface area (Å²) >= 11 is 0. The Morgan fingerprint density at radius 1 is 1.29 bits per heavy atom. The molecule has 0 amide bonds. The number of nitrogens with zero attached hydrogens (tertiary/aromatic N) is 3. The number of alkyl halides is 2. The average molecular weight is 435 g/mol. The molecule has 1 heterocycles. The topological polar surface area (TPSA) is 44.9 Å². The van der Waals surface area contributed by atoms with E-state index in [0.29, 0.717) is 18.2 Å². The zero-order chi connectivity index (χ0) is 23.4. The van der Waals surface area contributed by atoms with Crippen LogP contribution in [0, 0.1) is 5.92 Å². The van der Waals surface area contributed by atoms with E-state index in [-0.39, 0.29) is 13.1 Å². The Morgan fingerprint density at radius 2 is 1.97 bits per heavy atom. The standard InChI is InChI=1S/C25H40F2N4/c1-7-11-22(17-30-18-25(26,27)19-30)15-23(29-6)24(13-10-12-21(5)28)31(14-8-2)16-20(4)9-3/h7,10-13,15,20H,5,8-9,14,16-19,28H2,1-4,6H3/b11-7+,12-10-,22-15+,24-13-,29-23?. The fraction of sp³-hybridized carbons (Fsp3) is 0.560. The Hall–Kier alpha value is -2.21. The van der Waals surface area contributed by atoms with Gasteiger partial charge in [-0.05, 0) is 43.1 Å². The fourth-order valence-electron chi connectivity index (χ4n) is 3.47. The number of aliphatic imine (C=N–C) groups is 1. The van der Waals surface area contributed by atoms with Gasteiger partial charge in [-0.3, -0.25) is 9.89 Å². The van der Waals surface area contributed by atoms with E-state index in [0.717, 1.165) is 42.9 Å². The van der Waals surface area contributed by atoms with Crippen LogP contribution in [0.15, 0.2) is 65.0 Å². The van der Waals surface area contributed by atoms with Gasteiger partial charge < -0.3 is 10.6 Å². The molecule has 0 aromatic carbocycles. The third-order valence-corrected chi connectivity index (χ3v) is 5.15. The minimum atomic E-state index is -2.57. The number of hydrogen-bond donors (Lipinski definition) is 1. The van der Waals surface area contributed by atoms with Crippen molar-refractivity contribution >= 4 is 5.71 Å². The molecule has 1 aliphatic rings. The molecule has 0 radical (unpaired) electrons. The third kappa shape index (κ3) is 9.64. The van der Waals surface area contributed by atoms with Crippen LogP contribution in [0.1, 0.15) is 40.5 Å². The Labute approximate surface area is 187 Å². The van der Waals surface area contributed by atoms with Crippen LogP contribution < -0.4 is 5.73 Å². The number of likely N-dealkylation sites (tertiary alicyclic amines) is 1. The molecule has 0 bridgehead atoms. The Kier molecular flexibility index (Phi) is 11.5. The molecule has 1 saturated heterocycles. The van der Waals surface area contributed by atoms with Crippen molar-refractivity contribution in [1.82, 2.24) is 9.80 Å². The zero-order valence-corrected chi connectivity index (χ0v) is 19.9. The lowest BCUT2D eigenvalue weighted by molar-refractivity contribution is -0.126. The first-order chi connectivity index (χ1) is 14.6. The second-order valence-corrected chi connectivity index (χ2v) is 8.27. The second-order valence-electron chi connectivity index (χ2n) is 8.27. The van der Waals surface area contributed by atoms with Crippen molar-refractivity contribution in [2.45, 2.75) is 46.5 Å². The molecular weight excluding hydrogens is 394 g/mol. The Morgan fingerprint density at radius 3 is 2.45 bits per heavy atom. The summed E-state index contributed by atoms with van der Waals surface area (Å²) in [5, 5.41) is 0. The normalized spacial score (nSPS) is 19.1. The van der Waals surface area contributed by atoms with Gasteiger partial charge in [-0.1, -0.05) is 52.0 Å². The maximum absolute atomic E-state index is 13.3. The van der Waals surface area contributed by atoms with E-state index < -0.39 is 5.92 Å². The van der Waals surface area contributed by atoms with Crippen molar-refractivity contribution in [2.75, 3.05) is 39.8 Å². The lowest BCUT2D eigenvalue weighted by Gasteiger charge is -2.39. The molecule has 31 heavy (non-hydrogen) atoms. The highest BCUT2D eigenvalue weighted by atomic mass is 19.3. The van der Waals surface area contributed by atoms with E-state index in [4.69, 9.17) is 5.73 Å². The Bertz CT molecular complexity index is 724. The molecule has 1 atom stereocenters. The smallest absolute Gasteiger partial charge is 0.272 e. The molecule has 174 valence electrons. The molecule has 0 aromatic heterocycles. The minimum absolute atomic E-state index is 0.194. The maximum atomic E-state index is 13.3. The van der Waals surface area contributed by atoms with Crippen molar-refractivity contribution in [3.63, 3.8) is 0 Å². The SMILES string of the molecule is C=C(N)/C=C\C=C(\C(/C=C(\C=C\C)CN1CC(F)(F)C1)=NC)N(CCC)CC(C)CC. The van der Waals surface area contributed by atoms with Crippen molar-refractivity contribution in [1.29, 1.82) is 0 Å². The summed E-state index contributed by atoms with van der Waals surface area (Å²) in [7, 11) is 1.77. The van der Waals surface area contributed by atoms with Gasteiger partial charge in [0.2, 0.25) is 0 Å². The minimum Gasteiger partial charge on any atom is -0.399 e. The lowest BCUT2D eigenvalue weighted by Crippen LogP contribution is -2.56. The predicted molar refractivity (Wildman–Crippen MR) is 130 cm³/mol. The van der Waals surface area contributed by atoms with Crippen LogP contribution in [0.3, 0.4) is 0 Å². The highest BCUT2D eigenvalue weighted by Crippen LogP contribution is 2.27. The molecule has 1 rings (SSSR count). The van der Waals surface area contributed by atoms with E-state index in [2.05, 4.69) is 37.2 Å². The quantitative estimate of drug-likeness (QED) is 0.321. The fourth-order valence-corrected chi connectivity index (χ4v) is 3.47. The van der Waals surface area contributed by atoms with Gasteiger partial charge in [0.05, 0.1) is 24.5 Å². The van der Waals surface area contributed by atoms with Gasteiger partial charge in [0.1, 0.15) is 0 Å². The van der Waals surface area contributed by atoms with E-state index in [9.17, 15) is 8.78 Å². The molecule has 1 unspecified atom stereocenters. The number of nitrogens with two attached hydrogens (primary N) is 1. The van der Waals surface area contributed by atoms with Gasteiger partial charge in [-0.25, -0.2) is 8.78 Å². The van der Waals surface area contributed by atoms with Crippen LogP contribution in [-0.2, 0) is 0 Å². The highest BCUT2D eigenvalue weighted by Gasteiger charge is 2.43. The molecular formula is C25H40F2N4. The van der Waals surface area contributed by atoms with Gasteiger partial charge in [-0.2, -0.15) is 0 Å². The molecule has 6 heteroatoms. The number of hydrogen-bond acceptors (Lipinski definition) is 4. The molecule has 1 fully saturated rings. The molecule has 0 aromatic rings. The average Bonchev–Trinajstić information content (AvgIpc) is 2.67. The summed E-state index contributed by atoms with van der Waals surface area (Å²) in [6.45, 7) is 14.1. The largest absolute Gasteiger partial charge is 0.399 e. The van der Waals surface area contributed by atoms with Crippen LogP contribution in [0.2, 0.25) is 0 Å². The van der Waals surface area contributed by atoms with Crippen LogP contribution in [0.4, 0.5) is 8.78 Å². The van der Waals surface area contributed by atoms with Gasteiger partial charge >= 0.3 is 0 Å². The molecule has 0 aliphatic carbocycles. The van der Waals surface area contributed by atoms with Crippen molar-refractivity contribution in [3.05, 3.63) is 60.0 Å². The lowest BCUT2D eigenvalue weighted by atomic mass is 10.0. The van der Waals surface area contributed by atoms with Crippen LogP contribution in [-0.4, -0.2) is 61.2 Å². The van der Waals surface area contributed by atoms with Crippen LogP contribution in [0.5, 0.6) is 0 Å². The molecule has 2 N–H and O–H groups in total. The molecule has 0 spiro atoms. The summed E-state index contributed by atoms with van der Waals surface area (Å²) in [5.74, 6) is -2.04. The number of rotatable bonds is 13.